The number of hydrogen-bond donors (Lipinski definition) is 1. The predicted molar refractivity (Wildman–Crippen MR) is 274 cm³/mol. The summed E-state index contributed by atoms with van der Waals surface area (Å²) in [5, 5.41) is 27.8. The molecule has 8 aromatic rings. The fourth-order valence-corrected chi connectivity index (χ4v) is 5.79. The zero-order valence-electron chi connectivity index (χ0n) is 42.0. The molecule has 8 rings (SSSR count). The van der Waals surface area contributed by atoms with Gasteiger partial charge in [-0.25, -0.2) is 9.59 Å². The van der Waals surface area contributed by atoms with Gasteiger partial charge < -0.3 is 19.3 Å². The van der Waals surface area contributed by atoms with Crippen LogP contribution >= 0.6 is 0 Å². The van der Waals surface area contributed by atoms with Gasteiger partial charge in [0.2, 0.25) is 11.7 Å². The average Bonchev–Trinajstić information content (AvgIpc) is 4.05. The van der Waals surface area contributed by atoms with Crippen LogP contribution in [0.25, 0.3) is 33.4 Å². The van der Waals surface area contributed by atoms with Crippen molar-refractivity contribution in [2.75, 3.05) is 6.61 Å². The molecule has 358 valence electrons. The van der Waals surface area contributed by atoms with Gasteiger partial charge in [0.05, 0.1) is 6.61 Å². The predicted octanol–water partition coefficient (Wildman–Crippen LogP) is 14.1. The lowest BCUT2D eigenvalue weighted by Gasteiger charge is -2.27. The molecule has 0 aliphatic carbocycles. The van der Waals surface area contributed by atoms with E-state index in [1.165, 1.54) is 16.5 Å². The second-order valence-electron chi connectivity index (χ2n) is 12.4. The first-order valence-corrected chi connectivity index (χ1v) is 23.5. The quantitative estimate of drug-likeness (QED) is 0.125. The van der Waals surface area contributed by atoms with Crippen LogP contribution in [0.1, 0.15) is 114 Å². The smallest absolute Gasteiger partial charge is 0.352 e. The minimum atomic E-state index is -1.55. The van der Waals surface area contributed by atoms with E-state index in [4.69, 9.17) is 14.2 Å². The third kappa shape index (κ3) is 15.9. The number of fused-ring (bicyclic) bond motifs is 2. The molecule has 0 saturated carbocycles. The lowest BCUT2D eigenvalue weighted by molar-refractivity contribution is -0.154. The van der Waals surface area contributed by atoms with Crippen molar-refractivity contribution in [1.29, 1.82) is 0 Å². The number of nitrogens with zero attached hydrogens (tertiary/aromatic N) is 6. The summed E-state index contributed by atoms with van der Waals surface area (Å²) in [6.07, 6.45) is -0.882. The first-order chi connectivity index (χ1) is 32.8. The Labute approximate surface area is 398 Å². The number of rotatable bonds is 11. The normalized spacial score (nSPS) is 10.8. The molecular formula is C55H72N6O6. The van der Waals surface area contributed by atoms with E-state index in [1.54, 1.807) is 55.5 Å². The van der Waals surface area contributed by atoms with E-state index in [0.29, 0.717) is 34.0 Å². The van der Waals surface area contributed by atoms with Gasteiger partial charge in [-0.3, -0.25) is 0 Å². The van der Waals surface area contributed by atoms with Gasteiger partial charge in [-0.1, -0.05) is 192 Å². The Hall–Kier alpha value is -7.34. The van der Waals surface area contributed by atoms with Crippen LogP contribution in [-0.4, -0.2) is 53.6 Å². The molecule has 0 aliphatic heterocycles. The summed E-state index contributed by atoms with van der Waals surface area (Å²) < 4.78 is 17.4. The van der Waals surface area contributed by atoms with E-state index >= 15 is 0 Å². The highest BCUT2D eigenvalue weighted by Gasteiger charge is 2.38. The van der Waals surface area contributed by atoms with E-state index in [-0.39, 0.29) is 6.61 Å². The van der Waals surface area contributed by atoms with E-state index < -0.39 is 23.6 Å². The lowest BCUT2D eigenvalue weighted by atomic mass is 9.96. The molecular weight excluding hydrogens is 841 g/mol. The molecule has 0 amide bonds. The molecule has 6 aromatic carbocycles. The maximum Gasteiger partial charge on any atom is 0.352 e. The van der Waals surface area contributed by atoms with Gasteiger partial charge in [-0.2, -0.15) is 0 Å². The van der Waals surface area contributed by atoms with Crippen molar-refractivity contribution >= 4 is 34.0 Å². The molecule has 12 heteroatoms. The van der Waals surface area contributed by atoms with Gasteiger partial charge in [-0.05, 0) is 62.4 Å². The summed E-state index contributed by atoms with van der Waals surface area (Å²) >= 11 is 0. The number of ether oxygens (including phenoxy) is 3. The molecule has 0 aliphatic rings. The van der Waals surface area contributed by atoms with Crippen LogP contribution in [0.5, 0.6) is 11.5 Å². The average molecular weight is 913 g/mol. The number of aromatic nitrogens is 6. The highest BCUT2D eigenvalue weighted by molar-refractivity contribution is 5.80. The summed E-state index contributed by atoms with van der Waals surface area (Å²) in [5.74, 6) is -0.652. The molecule has 0 saturated heterocycles. The summed E-state index contributed by atoms with van der Waals surface area (Å²) in [5.41, 5.74) is 3.97. The van der Waals surface area contributed by atoms with Gasteiger partial charge in [0.1, 0.15) is 44.9 Å². The van der Waals surface area contributed by atoms with Crippen LogP contribution in [0.15, 0.2) is 158 Å². The molecule has 2 atom stereocenters. The van der Waals surface area contributed by atoms with Crippen molar-refractivity contribution < 1.29 is 28.9 Å². The monoisotopic (exact) mass is 913 g/mol. The standard InChI is InChI=1S/C22H19N3O3.C21H17N3O3.6C2H6/c1-2-27-22(26)21(16-10-4-3-5-11-16)28-20-15-9-8-14-19(20)25-23-17-12-6-7-13-18(17)24-25;1-21(20(25)26,15-9-3-2-4-10-15)27-19-14-8-7-13-18(19)24-22-16-11-5-6-12-17(16)23-24;6*1-2/h3-15,21H,2H2,1H3;2-14H,1H3,(H,25,26);6*1-2H3. The van der Waals surface area contributed by atoms with Crippen molar-refractivity contribution in [3.63, 3.8) is 0 Å². The van der Waals surface area contributed by atoms with E-state index in [9.17, 15) is 14.7 Å². The largest absolute Gasteiger partial charge is 0.478 e. The van der Waals surface area contributed by atoms with Crippen molar-refractivity contribution in [1.82, 2.24) is 30.0 Å². The number of benzene rings is 6. The Morgan fingerprint density at radius 2 is 0.851 bits per heavy atom. The van der Waals surface area contributed by atoms with Crippen molar-refractivity contribution in [2.45, 2.75) is 109 Å². The molecule has 2 unspecified atom stereocenters. The molecule has 0 radical (unpaired) electrons. The first kappa shape index (κ1) is 57.7. The Balaban J connectivity index is 0.000000548. The van der Waals surface area contributed by atoms with Crippen LogP contribution in [-0.2, 0) is 19.9 Å². The fraction of sp³-hybridized carbons (Fsp3) is 0.309. The number of carboxylic acid groups (broad SMARTS) is 1. The van der Waals surface area contributed by atoms with Crippen LogP contribution in [0, 0.1) is 0 Å². The van der Waals surface area contributed by atoms with Gasteiger partial charge in [0.25, 0.3) is 0 Å². The summed E-state index contributed by atoms with van der Waals surface area (Å²) in [4.78, 5) is 27.6. The second-order valence-corrected chi connectivity index (χ2v) is 12.4. The van der Waals surface area contributed by atoms with Crippen molar-refractivity contribution in [3.05, 3.63) is 169 Å². The molecule has 2 heterocycles. The molecule has 2 aromatic heterocycles. The van der Waals surface area contributed by atoms with Gasteiger partial charge >= 0.3 is 11.9 Å². The van der Waals surface area contributed by atoms with E-state index in [1.807, 2.05) is 192 Å². The van der Waals surface area contributed by atoms with Crippen LogP contribution in [0.2, 0.25) is 0 Å². The minimum absolute atomic E-state index is 0.277. The van der Waals surface area contributed by atoms with Crippen LogP contribution in [0.4, 0.5) is 0 Å². The molecule has 0 bridgehead atoms. The zero-order chi connectivity index (χ0) is 50.2. The van der Waals surface area contributed by atoms with Gasteiger partial charge in [0, 0.05) is 11.1 Å². The number of para-hydroxylation sites is 4. The lowest BCUT2D eigenvalue weighted by Crippen LogP contribution is -2.38. The van der Waals surface area contributed by atoms with Crippen LogP contribution < -0.4 is 9.47 Å². The summed E-state index contributed by atoms with van der Waals surface area (Å²) in [6, 6.07) is 47.8. The minimum Gasteiger partial charge on any atom is -0.478 e. The highest BCUT2D eigenvalue weighted by Crippen LogP contribution is 2.33. The van der Waals surface area contributed by atoms with Gasteiger partial charge in [0.15, 0.2) is 0 Å². The Bertz CT molecular complexity index is 2490. The maximum absolute atomic E-state index is 12.6. The Kier molecular flexibility index (Phi) is 27.8. The van der Waals surface area contributed by atoms with Crippen molar-refractivity contribution in [2.24, 2.45) is 0 Å². The highest BCUT2D eigenvalue weighted by atomic mass is 16.6. The fourth-order valence-electron chi connectivity index (χ4n) is 5.79. The number of aliphatic carboxylic acids is 1. The molecule has 12 nitrogen and oxygen atoms in total. The number of carbonyl (C=O) groups excluding carboxylic acids is 1. The summed E-state index contributed by atoms with van der Waals surface area (Å²) in [7, 11) is 0. The van der Waals surface area contributed by atoms with E-state index in [2.05, 4.69) is 20.4 Å². The topological polar surface area (TPSA) is 143 Å². The first-order valence-electron chi connectivity index (χ1n) is 23.5. The third-order valence-electron chi connectivity index (χ3n) is 8.63. The second kappa shape index (κ2) is 32.3. The number of carbonyl (C=O) groups is 2. The maximum atomic E-state index is 12.6. The Morgan fingerprint density at radius 1 is 0.507 bits per heavy atom. The molecule has 0 spiro atoms. The molecule has 67 heavy (non-hydrogen) atoms. The SMILES string of the molecule is CC.CC.CC.CC.CC.CC.CC(Oc1ccccc1-n1nc2ccccc2n1)(C(=O)O)c1ccccc1.CCOC(=O)C(Oc1ccccc1-n1nc2ccccc2n1)c1ccccc1. The zero-order valence-corrected chi connectivity index (χ0v) is 42.0. The third-order valence-corrected chi connectivity index (χ3v) is 8.63. The Morgan fingerprint density at radius 3 is 1.25 bits per heavy atom. The number of esters is 1. The van der Waals surface area contributed by atoms with Crippen LogP contribution in [0.3, 0.4) is 0 Å². The number of carboxylic acids is 1. The molecule has 0 fully saturated rings. The number of hydrogen-bond acceptors (Lipinski definition) is 9. The summed E-state index contributed by atoms with van der Waals surface area (Å²) in [6.45, 7) is 27.6. The van der Waals surface area contributed by atoms with Crippen molar-refractivity contribution in [3.8, 4) is 22.9 Å². The van der Waals surface area contributed by atoms with Gasteiger partial charge in [-0.15, -0.1) is 30.0 Å². The van der Waals surface area contributed by atoms with E-state index in [0.717, 1.165) is 22.1 Å². The molecule has 1 N–H and O–H groups in total.